The molecule has 1 aliphatic heterocycles. The van der Waals surface area contributed by atoms with Gasteiger partial charge in [-0.2, -0.15) is 0 Å². The molecular weight excluding hydrogens is 250 g/mol. The van der Waals surface area contributed by atoms with Crippen molar-refractivity contribution < 1.29 is 9.53 Å². The summed E-state index contributed by atoms with van der Waals surface area (Å²) in [5.74, 6) is 0.0280. The van der Waals surface area contributed by atoms with E-state index in [4.69, 9.17) is 4.74 Å². The summed E-state index contributed by atoms with van der Waals surface area (Å²) in [5, 5.41) is 8.80. The molecule has 1 amide bonds. The molecule has 0 aliphatic carbocycles. The minimum atomic E-state index is -0.417. The van der Waals surface area contributed by atoms with Crippen molar-refractivity contribution in [1.29, 1.82) is 0 Å². The molecule has 2 rings (SSSR count). The molecule has 100 valence electrons. The van der Waals surface area contributed by atoms with Gasteiger partial charge in [0.2, 0.25) is 5.91 Å². The molecule has 1 aromatic rings. The van der Waals surface area contributed by atoms with Crippen LogP contribution in [0.2, 0.25) is 0 Å². The molecule has 0 atom stereocenters. The summed E-state index contributed by atoms with van der Waals surface area (Å²) in [6.45, 7) is 4.09. The van der Waals surface area contributed by atoms with Crippen LogP contribution in [0.1, 0.15) is 18.5 Å². The normalized spacial score (nSPS) is 18.6. The molecule has 6 heteroatoms. The first kappa shape index (κ1) is 13.5. The molecule has 18 heavy (non-hydrogen) atoms. The lowest BCUT2D eigenvalue weighted by molar-refractivity contribution is -0.130. The maximum atomic E-state index is 12.4. The minimum absolute atomic E-state index is 0.0280. The number of thiazole rings is 1. The van der Waals surface area contributed by atoms with E-state index < -0.39 is 5.41 Å². The Kier molecular flexibility index (Phi) is 4.31. The van der Waals surface area contributed by atoms with Crippen molar-refractivity contribution in [2.45, 2.75) is 19.8 Å². The summed E-state index contributed by atoms with van der Waals surface area (Å²) in [6.07, 6.45) is 1.61. The van der Waals surface area contributed by atoms with Crippen molar-refractivity contribution in [1.82, 2.24) is 10.3 Å². The Bertz CT molecular complexity index is 408. The van der Waals surface area contributed by atoms with E-state index in [0.29, 0.717) is 11.7 Å². The van der Waals surface area contributed by atoms with Gasteiger partial charge in [-0.25, -0.2) is 4.98 Å². The molecule has 1 aliphatic rings. The third-order valence-electron chi connectivity index (χ3n) is 3.30. The van der Waals surface area contributed by atoms with Crippen molar-refractivity contribution in [3.63, 3.8) is 0 Å². The quantitative estimate of drug-likeness (QED) is 0.867. The van der Waals surface area contributed by atoms with E-state index >= 15 is 0 Å². The number of nitrogens with one attached hydrogen (secondary N) is 2. The van der Waals surface area contributed by atoms with Gasteiger partial charge in [-0.05, 0) is 32.9 Å². The van der Waals surface area contributed by atoms with Gasteiger partial charge in [0, 0.05) is 12.5 Å². The van der Waals surface area contributed by atoms with E-state index in [1.807, 2.05) is 12.3 Å². The zero-order chi connectivity index (χ0) is 13.0. The van der Waals surface area contributed by atoms with Gasteiger partial charge in [0.1, 0.15) is 0 Å². The Balaban J connectivity index is 2.08. The lowest BCUT2D eigenvalue weighted by atomic mass is 9.79. The maximum Gasteiger partial charge on any atom is 0.234 e. The number of piperidine rings is 1. The van der Waals surface area contributed by atoms with Gasteiger partial charge in [0.15, 0.2) is 5.13 Å². The fourth-order valence-corrected chi connectivity index (χ4v) is 2.94. The first-order chi connectivity index (χ1) is 8.66. The van der Waals surface area contributed by atoms with Crippen LogP contribution in [-0.4, -0.2) is 37.7 Å². The smallest absolute Gasteiger partial charge is 0.234 e. The number of ether oxygens (including phenoxy) is 1. The molecule has 5 nitrogen and oxygen atoms in total. The Labute approximate surface area is 111 Å². The van der Waals surface area contributed by atoms with Crippen LogP contribution in [0.4, 0.5) is 5.13 Å². The predicted octanol–water partition coefficient (Wildman–Crippen LogP) is 1.41. The molecule has 0 radical (unpaired) electrons. The second-order valence-electron chi connectivity index (χ2n) is 4.71. The third-order valence-corrected chi connectivity index (χ3v) is 4.18. The second kappa shape index (κ2) is 5.77. The summed E-state index contributed by atoms with van der Waals surface area (Å²) >= 11 is 1.46. The highest BCUT2D eigenvalue weighted by atomic mass is 32.1. The molecule has 2 heterocycles. The number of rotatable bonds is 4. The Morgan fingerprint density at radius 2 is 2.33 bits per heavy atom. The Hall–Kier alpha value is -0.980. The van der Waals surface area contributed by atoms with Crippen LogP contribution in [0.25, 0.3) is 0 Å². The zero-order valence-corrected chi connectivity index (χ0v) is 11.6. The molecular formula is C12H19N3O2S. The van der Waals surface area contributed by atoms with Crippen molar-refractivity contribution in [3.8, 4) is 0 Å². The van der Waals surface area contributed by atoms with E-state index in [0.717, 1.165) is 31.6 Å². The summed E-state index contributed by atoms with van der Waals surface area (Å²) in [6, 6.07) is 0. The SMILES string of the molecule is COCC1(C(=O)Nc2nc(C)cs2)CCNCC1. The van der Waals surface area contributed by atoms with Crippen LogP contribution >= 0.6 is 11.3 Å². The maximum absolute atomic E-state index is 12.4. The van der Waals surface area contributed by atoms with Crippen LogP contribution in [0.3, 0.4) is 0 Å². The number of aryl methyl sites for hydroxylation is 1. The zero-order valence-electron chi connectivity index (χ0n) is 10.8. The van der Waals surface area contributed by atoms with Crippen LogP contribution < -0.4 is 10.6 Å². The number of anilines is 1. The summed E-state index contributed by atoms with van der Waals surface area (Å²) < 4.78 is 5.24. The third kappa shape index (κ3) is 2.88. The van der Waals surface area contributed by atoms with Crippen LogP contribution in [0.15, 0.2) is 5.38 Å². The van der Waals surface area contributed by atoms with E-state index in [2.05, 4.69) is 15.6 Å². The van der Waals surface area contributed by atoms with Crippen LogP contribution in [0, 0.1) is 12.3 Å². The molecule has 0 aromatic carbocycles. The molecule has 0 bridgehead atoms. The van der Waals surface area contributed by atoms with Gasteiger partial charge >= 0.3 is 0 Å². The number of carbonyl (C=O) groups excluding carboxylic acids is 1. The molecule has 0 saturated carbocycles. The minimum Gasteiger partial charge on any atom is -0.384 e. The van der Waals surface area contributed by atoms with Gasteiger partial charge in [-0.3, -0.25) is 4.79 Å². The number of hydrogen-bond acceptors (Lipinski definition) is 5. The second-order valence-corrected chi connectivity index (χ2v) is 5.57. The van der Waals surface area contributed by atoms with Crippen LogP contribution in [0.5, 0.6) is 0 Å². The average Bonchev–Trinajstić information content (AvgIpc) is 2.76. The monoisotopic (exact) mass is 269 g/mol. The largest absolute Gasteiger partial charge is 0.384 e. The molecule has 1 fully saturated rings. The molecule has 2 N–H and O–H groups in total. The Morgan fingerprint density at radius 1 is 1.61 bits per heavy atom. The van der Waals surface area contributed by atoms with Crippen LogP contribution in [-0.2, 0) is 9.53 Å². The highest BCUT2D eigenvalue weighted by Gasteiger charge is 2.39. The number of hydrogen-bond donors (Lipinski definition) is 2. The van der Waals surface area contributed by atoms with E-state index in [1.165, 1.54) is 11.3 Å². The number of nitrogens with zero attached hydrogens (tertiary/aromatic N) is 1. The number of methoxy groups -OCH3 is 1. The molecule has 0 spiro atoms. The van der Waals surface area contributed by atoms with Gasteiger partial charge in [0.25, 0.3) is 0 Å². The van der Waals surface area contributed by atoms with Gasteiger partial charge in [0.05, 0.1) is 17.7 Å². The highest BCUT2D eigenvalue weighted by molar-refractivity contribution is 7.13. The lowest BCUT2D eigenvalue weighted by Gasteiger charge is -2.35. The van der Waals surface area contributed by atoms with Crippen molar-refractivity contribution in [2.24, 2.45) is 5.41 Å². The topological polar surface area (TPSA) is 63.2 Å². The fraction of sp³-hybridized carbons (Fsp3) is 0.667. The van der Waals surface area contributed by atoms with Gasteiger partial charge in [-0.1, -0.05) is 0 Å². The van der Waals surface area contributed by atoms with Crippen molar-refractivity contribution in [2.75, 3.05) is 32.1 Å². The van der Waals surface area contributed by atoms with E-state index in [-0.39, 0.29) is 5.91 Å². The lowest BCUT2D eigenvalue weighted by Crippen LogP contribution is -2.47. The predicted molar refractivity (Wildman–Crippen MR) is 71.9 cm³/mol. The molecule has 0 unspecified atom stereocenters. The Morgan fingerprint density at radius 3 is 2.89 bits per heavy atom. The fourth-order valence-electron chi connectivity index (χ4n) is 2.26. The standard InChI is InChI=1S/C12H19N3O2S/c1-9-7-18-11(14-9)15-10(16)12(8-17-2)3-5-13-6-4-12/h7,13H,3-6,8H2,1-2H3,(H,14,15,16). The summed E-state index contributed by atoms with van der Waals surface area (Å²) in [5.41, 5.74) is 0.515. The molecule has 1 saturated heterocycles. The van der Waals surface area contributed by atoms with Crippen molar-refractivity contribution >= 4 is 22.4 Å². The first-order valence-electron chi connectivity index (χ1n) is 6.09. The first-order valence-corrected chi connectivity index (χ1v) is 6.97. The van der Waals surface area contributed by atoms with E-state index in [1.54, 1.807) is 7.11 Å². The van der Waals surface area contributed by atoms with E-state index in [9.17, 15) is 4.79 Å². The molecule has 1 aromatic heterocycles. The summed E-state index contributed by atoms with van der Waals surface area (Å²) in [4.78, 5) is 16.7. The number of amides is 1. The van der Waals surface area contributed by atoms with Gasteiger partial charge < -0.3 is 15.4 Å². The summed E-state index contributed by atoms with van der Waals surface area (Å²) in [7, 11) is 1.64. The number of aromatic nitrogens is 1. The number of carbonyl (C=O) groups is 1. The highest BCUT2D eigenvalue weighted by Crippen LogP contribution is 2.31. The average molecular weight is 269 g/mol. The van der Waals surface area contributed by atoms with Crippen molar-refractivity contribution in [3.05, 3.63) is 11.1 Å². The van der Waals surface area contributed by atoms with Gasteiger partial charge in [-0.15, -0.1) is 11.3 Å².